The normalized spacial score (nSPS) is 18.7. The third-order valence-electron chi connectivity index (χ3n) is 3.89. The minimum absolute atomic E-state index is 0.0685. The van der Waals surface area contributed by atoms with Gasteiger partial charge < -0.3 is 4.74 Å². The maximum Gasteiger partial charge on any atom is 0.316 e. The van der Waals surface area contributed by atoms with Crippen molar-refractivity contribution >= 4 is 5.97 Å². The molecule has 2 heteroatoms. The molecule has 0 bridgehead atoms. The number of esters is 1. The van der Waals surface area contributed by atoms with Crippen LogP contribution in [0.15, 0.2) is 24.3 Å². The highest BCUT2D eigenvalue weighted by atomic mass is 16.5. The topological polar surface area (TPSA) is 26.3 Å². The molecule has 1 fully saturated rings. The molecule has 0 unspecified atom stereocenters. The number of carbonyl (C=O) groups excluding carboxylic acids is 1. The van der Waals surface area contributed by atoms with Gasteiger partial charge in [0.05, 0.1) is 12.5 Å². The van der Waals surface area contributed by atoms with Crippen LogP contribution in [0.1, 0.15) is 43.2 Å². The van der Waals surface area contributed by atoms with E-state index in [9.17, 15) is 4.79 Å². The summed E-state index contributed by atoms with van der Waals surface area (Å²) in [4.78, 5) is 12.2. The van der Waals surface area contributed by atoms with Crippen LogP contribution in [0.5, 0.6) is 0 Å². The first-order chi connectivity index (χ1) is 8.19. The Morgan fingerprint density at radius 1 is 1.12 bits per heavy atom. The van der Waals surface area contributed by atoms with Crippen molar-refractivity contribution in [2.45, 2.75) is 44.4 Å². The van der Waals surface area contributed by atoms with Crippen molar-refractivity contribution in [3.63, 3.8) is 0 Å². The standard InChI is InChI=1S/C15H20O2/c1-12-6-8-13(9-7-12)15(14(16)17-2)10-4-3-5-11-15/h6-9H,3-5,10-11H2,1-2H3. The summed E-state index contributed by atoms with van der Waals surface area (Å²) in [6.07, 6.45) is 5.29. The van der Waals surface area contributed by atoms with Gasteiger partial charge in [-0.15, -0.1) is 0 Å². The highest BCUT2D eigenvalue weighted by molar-refractivity contribution is 5.83. The second kappa shape index (κ2) is 4.91. The molecule has 1 saturated carbocycles. The number of hydrogen-bond acceptors (Lipinski definition) is 2. The average molecular weight is 232 g/mol. The van der Waals surface area contributed by atoms with E-state index in [1.807, 2.05) is 0 Å². The van der Waals surface area contributed by atoms with Crippen LogP contribution >= 0.6 is 0 Å². The number of rotatable bonds is 2. The van der Waals surface area contributed by atoms with Crippen LogP contribution in [0.3, 0.4) is 0 Å². The molecular formula is C15H20O2. The lowest BCUT2D eigenvalue weighted by atomic mass is 9.69. The lowest BCUT2D eigenvalue weighted by Gasteiger charge is -2.35. The lowest BCUT2D eigenvalue weighted by molar-refractivity contribution is -0.149. The van der Waals surface area contributed by atoms with Crippen LogP contribution in [-0.4, -0.2) is 13.1 Å². The average Bonchev–Trinajstić information content (AvgIpc) is 2.39. The maximum atomic E-state index is 12.2. The Balaban J connectivity index is 2.38. The van der Waals surface area contributed by atoms with Crippen molar-refractivity contribution in [1.29, 1.82) is 0 Å². The molecule has 0 saturated heterocycles. The Labute approximate surface area is 103 Å². The van der Waals surface area contributed by atoms with E-state index in [2.05, 4.69) is 31.2 Å². The van der Waals surface area contributed by atoms with E-state index >= 15 is 0 Å². The number of aryl methyl sites for hydroxylation is 1. The number of methoxy groups -OCH3 is 1. The van der Waals surface area contributed by atoms with Gasteiger partial charge in [-0.1, -0.05) is 49.1 Å². The van der Waals surface area contributed by atoms with Crippen molar-refractivity contribution in [2.24, 2.45) is 0 Å². The third kappa shape index (κ3) is 2.21. The molecule has 2 rings (SSSR count). The summed E-state index contributed by atoms with van der Waals surface area (Å²) in [5, 5.41) is 0. The first kappa shape index (κ1) is 12.2. The zero-order valence-corrected chi connectivity index (χ0v) is 10.7. The Bertz CT molecular complexity index is 386. The third-order valence-corrected chi connectivity index (χ3v) is 3.89. The largest absolute Gasteiger partial charge is 0.468 e. The van der Waals surface area contributed by atoms with Gasteiger partial charge in [0.15, 0.2) is 0 Å². The fourth-order valence-corrected chi connectivity index (χ4v) is 2.83. The van der Waals surface area contributed by atoms with Crippen molar-refractivity contribution < 1.29 is 9.53 Å². The monoisotopic (exact) mass is 232 g/mol. The Morgan fingerprint density at radius 3 is 2.24 bits per heavy atom. The highest BCUT2D eigenvalue weighted by Gasteiger charge is 2.41. The maximum absolute atomic E-state index is 12.2. The van der Waals surface area contributed by atoms with E-state index in [1.54, 1.807) is 0 Å². The van der Waals surface area contributed by atoms with Crippen LogP contribution in [-0.2, 0) is 14.9 Å². The molecule has 92 valence electrons. The highest BCUT2D eigenvalue weighted by Crippen LogP contribution is 2.40. The second-order valence-corrected chi connectivity index (χ2v) is 5.00. The van der Waals surface area contributed by atoms with Crippen molar-refractivity contribution in [2.75, 3.05) is 7.11 Å². The van der Waals surface area contributed by atoms with E-state index in [4.69, 9.17) is 4.74 Å². The van der Waals surface area contributed by atoms with Crippen LogP contribution in [0, 0.1) is 6.92 Å². The molecule has 1 aromatic carbocycles. The fourth-order valence-electron chi connectivity index (χ4n) is 2.83. The smallest absolute Gasteiger partial charge is 0.316 e. The van der Waals surface area contributed by atoms with Crippen molar-refractivity contribution in [3.8, 4) is 0 Å². The molecule has 2 nitrogen and oxygen atoms in total. The minimum Gasteiger partial charge on any atom is -0.468 e. The Morgan fingerprint density at radius 2 is 1.71 bits per heavy atom. The van der Waals surface area contributed by atoms with Gasteiger partial charge in [0.1, 0.15) is 0 Å². The molecule has 0 spiro atoms. The van der Waals surface area contributed by atoms with Gasteiger partial charge in [0.25, 0.3) is 0 Å². The van der Waals surface area contributed by atoms with Gasteiger partial charge in [-0.2, -0.15) is 0 Å². The number of hydrogen-bond donors (Lipinski definition) is 0. The van der Waals surface area contributed by atoms with Crippen LogP contribution in [0.25, 0.3) is 0 Å². The SMILES string of the molecule is COC(=O)C1(c2ccc(C)cc2)CCCCC1. The van der Waals surface area contributed by atoms with E-state index in [1.165, 1.54) is 19.1 Å². The molecule has 17 heavy (non-hydrogen) atoms. The summed E-state index contributed by atoms with van der Waals surface area (Å²) < 4.78 is 5.04. The zero-order valence-electron chi connectivity index (χ0n) is 10.7. The van der Waals surface area contributed by atoms with Gasteiger partial charge in [0.2, 0.25) is 0 Å². The van der Waals surface area contributed by atoms with E-state index in [0.29, 0.717) is 0 Å². The van der Waals surface area contributed by atoms with Crippen LogP contribution in [0.2, 0.25) is 0 Å². The Hall–Kier alpha value is -1.31. The fraction of sp³-hybridized carbons (Fsp3) is 0.533. The van der Waals surface area contributed by atoms with Gasteiger partial charge in [0, 0.05) is 0 Å². The minimum atomic E-state index is -0.388. The molecule has 0 aromatic heterocycles. The molecule has 0 N–H and O–H groups in total. The molecule has 0 heterocycles. The first-order valence-corrected chi connectivity index (χ1v) is 6.34. The van der Waals surface area contributed by atoms with Gasteiger partial charge in [-0.05, 0) is 25.3 Å². The Kier molecular flexibility index (Phi) is 3.51. The van der Waals surface area contributed by atoms with E-state index < -0.39 is 0 Å². The molecule has 0 amide bonds. The quantitative estimate of drug-likeness (QED) is 0.731. The molecule has 0 atom stereocenters. The van der Waals surface area contributed by atoms with Crippen LogP contribution < -0.4 is 0 Å². The summed E-state index contributed by atoms with van der Waals surface area (Å²) >= 11 is 0. The van der Waals surface area contributed by atoms with Crippen molar-refractivity contribution in [3.05, 3.63) is 35.4 Å². The first-order valence-electron chi connectivity index (χ1n) is 6.34. The van der Waals surface area contributed by atoms with E-state index in [0.717, 1.165) is 31.2 Å². The summed E-state index contributed by atoms with van der Waals surface area (Å²) in [7, 11) is 1.49. The molecule has 1 aliphatic rings. The number of carbonyl (C=O) groups is 1. The van der Waals surface area contributed by atoms with Gasteiger partial charge in [-0.25, -0.2) is 0 Å². The summed E-state index contributed by atoms with van der Waals surface area (Å²) in [5.41, 5.74) is 1.96. The summed E-state index contributed by atoms with van der Waals surface area (Å²) in [5.74, 6) is -0.0685. The summed E-state index contributed by atoms with van der Waals surface area (Å²) in [6.45, 7) is 2.06. The van der Waals surface area contributed by atoms with Gasteiger partial charge >= 0.3 is 5.97 Å². The lowest BCUT2D eigenvalue weighted by Crippen LogP contribution is -2.38. The second-order valence-electron chi connectivity index (χ2n) is 5.00. The molecular weight excluding hydrogens is 212 g/mol. The summed E-state index contributed by atoms with van der Waals surface area (Å²) in [6, 6.07) is 8.32. The zero-order chi connectivity index (χ0) is 12.3. The molecule has 1 aromatic rings. The number of ether oxygens (including phenoxy) is 1. The molecule has 1 aliphatic carbocycles. The predicted octanol–water partition coefficient (Wildman–Crippen LogP) is 3.37. The van der Waals surface area contributed by atoms with E-state index in [-0.39, 0.29) is 11.4 Å². The predicted molar refractivity (Wildman–Crippen MR) is 68.0 cm³/mol. The number of benzene rings is 1. The molecule has 0 radical (unpaired) electrons. The van der Waals surface area contributed by atoms with Gasteiger partial charge in [-0.3, -0.25) is 4.79 Å². The van der Waals surface area contributed by atoms with Crippen LogP contribution in [0.4, 0.5) is 0 Å². The van der Waals surface area contributed by atoms with Crippen molar-refractivity contribution in [1.82, 2.24) is 0 Å². The molecule has 0 aliphatic heterocycles.